The maximum atomic E-state index is 11.8. The van der Waals surface area contributed by atoms with Crippen molar-refractivity contribution in [2.75, 3.05) is 24.6 Å². The molecule has 0 fully saturated rings. The molecule has 1 atom stereocenters. The minimum atomic E-state index is -1.19. The molecule has 19 heavy (non-hydrogen) atoms. The van der Waals surface area contributed by atoms with Crippen molar-refractivity contribution in [2.24, 2.45) is 5.73 Å². The Balaban J connectivity index is 4.29. The number of hydrogen-bond acceptors (Lipinski definition) is 4. The molecule has 1 unspecified atom stereocenters. The van der Waals surface area contributed by atoms with Gasteiger partial charge in [-0.15, -0.1) is 0 Å². The van der Waals surface area contributed by atoms with Crippen LogP contribution in [0.5, 0.6) is 0 Å². The van der Waals surface area contributed by atoms with Gasteiger partial charge in [-0.3, -0.25) is 9.59 Å². The third-order valence-corrected chi connectivity index (χ3v) is 3.16. The monoisotopic (exact) mass is 291 g/mol. The number of nitrogens with two attached hydrogens (primary N) is 1. The predicted molar refractivity (Wildman–Crippen MR) is 74.0 cm³/mol. The number of hydrogen-bond donors (Lipinski definition) is 3. The van der Waals surface area contributed by atoms with Crippen LogP contribution in [0.2, 0.25) is 0 Å². The van der Waals surface area contributed by atoms with E-state index in [9.17, 15) is 14.4 Å². The highest BCUT2D eigenvalue weighted by atomic mass is 32.2. The molecule has 0 aromatic heterocycles. The number of amides is 3. The molecule has 3 amide bonds. The summed E-state index contributed by atoms with van der Waals surface area (Å²) in [5.74, 6) is -0.0172. The number of carboxylic acid groups (broad SMARTS) is 1. The summed E-state index contributed by atoms with van der Waals surface area (Å²) in [6.45, 7) is 2.92. The fraction of sp³-hybridized carbons (Fsp3) is 0.727. The number of carboxylic acids is 1. The van der Waals surface area contributed by atoms with Gasteiger partial charge in [-0.25, -0.2) is 4.79 Å². The van der Waals surface area contributed by atoms with E-state index in [4.69, 9.17) is 10.8 Å². The molecule has 0 aromatic rings. The van der Waals surface area contributed by atoms with Gasteiger partial charge in [0.25, 0.3) is 0 Å². The number of urea groups is 1. The van der Waals surface area contributed by atoms with Gasteiger partial charge in [0.05, 0.1) is 0 Å². The number of nitrogens with zero attached hydrogens (tertiary/aromatic N) is 1. The van der Waals surface area contributed by atoms with E-state index in [1.807, 2.05) is 6.92 Å². The summed E-state index contributed by atoms with van der Waals surface area (Å²) >= 11 is 1.76. The fourth-order valence-electron chi connectivity index (χ4n) is 1.33. The Labute approximate surface area is 116 Å². The van der Waals surface area contributed by atoms with Crippen molar-refractivity contribution in [3.05, 3.63) is 0 Å². The van der Waals surface area contributed by atoms with E-state index >= 15 is 0 Å². The highest BCUT2D eigenvalue weighted by molar-refractivity contribution is 7.99. The molecule has 8 heteroatoms. The van der Waals surface area contributed by atoms with Crippen LogP contribution >= 0.6 is 11.8 Å². The van der Waals surface area contributed by atoms with E-state index in [-0.39, 0.29) is 6.04 Å². The first kappa shape index (κ1) is 17.6. The van der Waals surface area contributed by atoms with Gasteiger partial charge in [0.15, 0.2) is 0 Å². The van der Waals surface area contributed by atoms with Gasteiger partial charge in [0.2, 0.25) is 5.91 Å². The standard InChI is InChI=1S/C11H21N3O4S/c1-3-19-5-4-8(2)13-11(18)14(6-9(12)15)7-10(16)17/h8H,3-7H2,1-2H3,(H2,12,15)(H,13,18)(H,16,17). The van der Waals surface area contributed by atoms with E-state index in [0.717, 1.165) is 22.8 Å². The zero-order valence-electron chi connectivity index (χ0n) is 11.2. The molecule has 0 radical (unpaired) electrons. The van der Waals surface area contributed by atoms with Crippen LogP contribution in [0.4, 0.5) is 4.79 Å². The lowest BCUT2D eigenvalue weighted by Crippen LogP contribution is -2.49. The minimum Gasteiger partial charge on any atom is -0.480 e. The van der Waals surface area contributed by atoms with E-state index in [1.165, 1.54) is 0 Å². The smallest absolute Gasteiger partial charge is 0.323 e. The SMILES string of the molecule is CCSCCC(C)NC(=O)N(CC(N)=O)CC(=O)O. The molecular formula is C11H21N3O4S. The third-order valence-electron chi connectivity index (χ3n) is 2.23. The summed E-state index contributed by atoms with van der Waals surface area (Å²) in [6.07, 6.45) is 0.779. The van der Waals surface area contributed by atoms with Crippen LogP contribution < -0.4 is 11.1 Å². The fourth-order valence-corrected chi connectivity index (χ4v) is 2.14. The number of primary amides is 1. The van der Waals surface area contributed by atoms with Crippen LogP contribution in [-0.2, 0) is 9.59 Å². The van der Waals surface area contributed by atoms with Crippen molar-refractivity contribution in [1.82, 2.24) is 10.2 Å². The quantitative estimate of drug-likeness (QED) is 0.521. The molecule has 0 bridgehead atoms. The first-order valence-corrected chi connectivity index (χ1v) is 7.15. The zero-order chi connectivity index (χ0) is 14.8. The van der Waals surface area contributed by atoms with Gasteiger partial charge < -0.3 is 21.1 Å². The molecule has 0 rings (SSSR count). The molecule has 0 aromatic carbocycles. The number of nitrogens with one attached hydrogen (secondary N) is 1. The van der Waals surface area contributed by atoms with Crippen molar-refractivity contribution in [3.63, 3.8) is 0 Å². The molecule has 0 aliphatic carbocycles. The van der Waals surface area contributed by atoms with Gasteiger partial charge in [0, 0.05) is 6.04 Å². The van der Waals surface area contributed by atoms with Crippen LogP contribution in [0, 0.1) is 0 Å². The Hall–Kier alpha value is -1.44. The highest BCUT2D eigenvalue weighted by Crippen LogP contribution is 2.04. The van der Waals surface area contributed by atoms with Gasteiger partial charge in [0.1, 0.15) is 13.1 Å². The predicted octanol–water partition coefficient (Wildman–Crippen LogP) is 0.0996. The molecule has 110 valence electrons. The van der Waals surface area contributed by atoms with Crippen LogP contribution in [0.25, 0.3) is 0 Å². The number of thioether (sulfide) groups is 1. The number of aliphatic carboxylic acids is 1. The lowest BCUT2D eigenvalue weighted by molar-refractivity contribution is -0.137. The Bertz CT molecular complexity index is 309. The van der Waals surface area contributed by atoms with Crippen molar-refractivity contribution in [2.45, 2.75) is 26.3 Å². The van der Waals surface area contributed by atoms with Crippen molar-refractivity contribution in [1.29, 1.82) is 0 Å². The van der Waals surface area contributed by atoms with E-state index < -0.39 is 31.0 Å². The van der Waals surface area contributed by atoms with Gasteiger partial charge in [-0.1, -0.05) is 6.92 Å². The Morgan fingerprint density at radius 1 is 1.37 bits per heavy atom. The second-order valence-corrected chi connectivity index (χ2v) is 5.45. The zero-order valence-corrected chi connectivity index (χ0v) is 12.0. The average molecular weight is 291 g/mol. The second kappa shape index (κ2) is 9.48. The van der Waals surface area contributed by atoms with Crippen LogP contribution in [0.3, 0.4) is 0 Å². The van der Waals surface area contributed by atoms with Crippen LogP contribution in [-0.4, -0.2) is 58.6 Å². The van der Waals surface area contributed by atoms with Gasteiger partial charge in [-0.05, 0) is 24.9 Å². The van der Waals surface area contributed by atoms with Crippen molar-refractivity contribution < 1.29 is 19.5 Å². The molecule has 7 nitrogen and oxygen atoms in total. The summed E-state index contributed by atoms with van der Waals surface area (Å²) in [4.78, 5) is 34.1. The minimum absolute atomic E-state index is 0.0873. The number of carbonyl (C=O) groups excluding carboxylic acids is 2. The molecule has 0 saturated carbocycles. The summed E-state index contributed by atoms with van der Waals surface area (Å²) in [5.41, 5.74) is 4.98. The van der Waals surface area contributed by atoms with Crippen LogP contribution in [0.15, 0.2) is 0 Å². The summed E-state index contributed by atoms with van der Waals surface area (Å²) in [7, 11) is 0. The molecule has 0 saturated heterocycles. The average Bonchev–Trinajstić information content (AvgIpc) is 2.27. The summed E-state index contributed by atoms with van der Waals surface area (Å²) < 4.78 is 0. The van der Waals surface area contributed by atoms with Crippen molar-refractivity contribution >= 4 is 29.7 Å². The lowest BCUT2D eigenvalue weighted by atomic mass is 10.2. The summed E-state index contributed by atoms with van der Waals surface area (Å²) in [6, 6.07) is -0.675. The first-order chi connectivity index (χ1) is 8.86. The third kappa shape index (κ3) is 9.18. The van der Waals surface area contributed by atoms with Gasteiger partial charge >= 0.3 is 12.0 Å². The Kier molecular flexibility index (Phi) is 8.77. The molecule has 0 heterocycles. The normalized spacial score (nSPS) is 11.7. The molecule has 0 aliphatic heterocycles. The first-order valence-electron chi connectivity index (χ1n) is 6.00. The Morgan fingerprint density at radius 2 is 2.00 bits per heavy atom. The number of carbonyl (C=O) groups is 3. The lowest BCUT2D eigenvalue weighted by Gasteiger charge is -2.22. The second-order valence-electron chi connectivity index (χ2n) is 4.05. The molecule has 0 spiro atoms. The van der Waals surface area contributed by atoms with Crippen molar-refractivity contribution in [3.8, 4) is 0 Å². The number of rotatable bonds is 9. The van der Waals surface area contributed by atoms with Gasteiger partial charge in [-0.2, -0.15) is 11.8 Å². The van der Waals surface area contributed by atoms with E-state index in [1.54, 1.807) is 11.8 Å². The van der Waals surface area contributed by atoms with Crippen LogP contribution in [0.1, 0.15) is 20.3 Å². The largest absolute Gasteiger partial charge is 0.480 e. The highest BCUT2D eigenvalue weighted by Gasteiger charge is 2.19. The maximum Gasteiger partial charge on any atom is 0.323 e. The topological polar surface area (TPSA) is 113 Å². The van der Waals surface area contributed by atoms with E-state index in [2.05, 4.69) is 12.2 Å². The molecular weight excluding hydrogens is 270 g/mol. The Morgan fingerprint density at radius 3 is 2.47 bits per heavy atom. The maximum absolute atomic E-state index is 11.8. The van der Waals surface area contributed by atoms with E-state index in [0.29, 0.717) is 0 Å². The summed E-state index contributed by atoms with van der Waals surface area (Å²) in [5, 5.41) is 11.3. The molecule has 4 N–H and O–H groups in total. The molecule has 0 aliphatic rings.